The van der Waals surface area contributed by atoms with Crippen LogP contribution in [-0.2, 0) is 5.60 Å². The molecule has 2 unspecified atom stereocenters. The largest absolute Gasteiger partial charge is 0.385 e. The highest BCUT2D eigenvalue weighted by Crippen LogP contribution is 2.29. The summed E-state index contributed by atoms with van der Waals surface area (Å²) in [5.41, 5.74) is 2.85. The van der Waals surface area contributed by atoms with Gasteiger partial charge in [-0.2, -0.15) is 0 Å². The van der Waals surface area contributed by atoms with Crippen LogP contribution in [0.3, 0.4) is 0 Å². The van der Waals surface area contributed by atoms with E-state index in [0.717, 1.165) is 18.5 Å². The molecule has 2 N–H and O–H groups in total. The lowest BCUT2D eigenvalue weighted by molar-refractivity contribution is 0.0331. The normalized spacial score (nSPS) is 23.7. The first kappa shape index (κ1) is 13.6. The number of rotatable bonds is 3. The van der Waals surface area contributed by atoms with Gasteiger partial charge < -0.3 is 10.4 Å². The van der Waals surface area contributed by atoms with E-state index in [-0.39, 0.29) is 0 Å². The van der Waals surface area contributed by atoms with E-state index in [1.807, 2.05) is 6.92 Å². The third kappa shape index (κ3) is 3.12. The van der Waals surface area contributed by atoms with E-state index >= 15 is 0 Å². The van der Waals surface area contributed by atoms with Gasteiger partial charge in [-0.05, 0) is 63.3 Å². The maximum atomic E-state index is 10.7. The number of benzene rings is 1. The molecule has 2 nitrogen and oxygen atoms in total. The molecule has 0 saturated carbocycles. The Kier molecular flexibility index (Phi) is 4.08. The zero-order chi connectivity index (χ0) is 13.2. The van der Waals surface area contributed by atoms with Crippen LogP contribution in [0.25, 0.3) is 0 Å². The second-order valence-corrected chi connectivity index (χ2v) is 5.92. The Morgan fingerprint density at radius 2 is 2.06 bits per heavy atom. The maximum Gasteiger partial charge on any atom is 0.0883 e. The first-order valence-corrected chi connectivity index (χ1v) is 7.02. The van der Waals surface area contributed by atoms with Crippen molar-refractivity contribution in [2.75, 3.05) is 6.54 Å². The fourth-order valence-corrected chi connectivity index (χ4v) is 2.77. The van der Waals surface area contributed by atoms with E-state index in [1.165, 1.54) is 30.4 Å². The molecule has 1 aromatic rings. The molecule has 18 heavy (non-hydrogen) atoms. The summed E-state index contributed by atoms with van der Waals surface area (Å²) < 4.78 is 0. The van der Waals surface area contributed by atoms with Crippen LogP contribution in [0, 0.1) is 13.8 Å². The minimum atomic E-state index is -0.729. The van der Waals surface area contributed by atoms with E-state index in [2.05, 4.69) is 37.4 Å². The molecule has 0 spiro atoms. The lowest BCUT2D eigenvalue weighted by Gasteiger charge is -2.32. The smallest absolute Gasteiger partial charge is 0.0883 e. The van der Waals surface area contributed by atoms with Crippen molar-refractivity contribution in [3.8, 4) is 0 Å². The molecule has 1 aromatic carbocycles. The molecule has 1 saturated heterocycles. The molecule has 1 aliphatic rings. The summed E-state index contributed by atoms with van der Waals surface area (Å²) >= 11 is 0. The Labute approximate surface area is 110 Å². The molecule has 100 valence electrons. The molecule has 0 aliphatic carbocycles. The van der Waals surface area contributed by atoms with Crippen LogP contribution in [0.4, 0.5) is 0 Å². The van der Waals surface area contributed by atoms with Gasteiger partial charge in [-0.25, -0.2) is 0 Å². The van der Waals surface area contributed by atoms with Crippen LogP contribution in [-0.4, -0.2) is 17.7 Å². The number of hydrogen-bond acceptors (Lipinski definition) is 2. The first-order valence-electron chi connectivity index (χ1n) is 7.02. The molecule has 0 amide bonds. The zero-order valence-corrected chi connectivity index (χ0v) is 11.8. The summed E-state index contributed by atoms with van der Waals surface area (Å²) in [6.45, 7) is 7.24. The standard InChI is InChI=1S/C16H25NO/c1-12-7-8-14(10-13(12)2)16(3,18)11-15-6-4-5-9-17-15/h7-8,10,15,17-18H,4-6,9,11H2,1-3H3. The van der Waals surface area contributed by atoms with Crippen molar-refractivity contribution < 1.29 is 5.11 Å². The Morgan fingerprint density at radius 1 is 1.28 bits per heavy atom. The molecule has 0 aromatic heterocycles. The Hall–Kier alpha value is -0.860. The molecular formula is C16H25NO. The summed E-state index contributed by atoms with van der Waals surface area (Å²) in [7, 11) is 0. The van der Waals surface area contributed by atoms with E-state index in [4.69, 9.17) is 0 Å². The average molecular weight is 247 g/mol. The Morgan fingerprint density at radius 3 is 2.67 bits per heavy atom. The lowest BCUT2D eigenvalue weighted by atomic mass is 9.85. The lowest BCUT2D eigenvalue weighted by Crippen LogP contribution is -2.39. The second kappa shape index (κ2) is 5.41. The van der Waals surface area contributed by atoms with Gasteiger partial charge >= 0.3 is 0 Å². The predicted octanol–water partition coefficient (Wildman–Crippen LogP) is 3.04. The van der Waals surface area contributed by atoms with Crippen LogP contribution in [0.1, 0.15) is 49.3 Å². The summed E-state index contributed by atoms with van der Waals surface area (Å²) in [6.07, 6.45) is 4.53. The summed E-state index contributed by atoms with van der Waals surface area (Å²) in [5, 5.41) is 14.2. The van der Waals surface area contributed by atoms with Crippen LogP contribution in [0.5, 0.6) is 0 Å². The van der Waals surface area contributed by atoms with Gasteiger partial charge in [-0.15, -0.1) is 0 Å². The van der Waals surface area contributed by atoms with Crippen LogP contribution in [0.2, 0.25) is 0 Å². The highest BCUT2D eigenvalue weighted by Gasteiger charge is 2.28. The summed E-state index contributed by atoms with van der Waals surface area (Å²) in [4.78, 5) is 0. The van der Waals surface area contributed by atoms with Gasteiger partial charge in [0, 0.05) is 6.04 Å². The SMILES string of the molecule is Cc1ccc(C(C)(O)CC2CCCCN2)cc1C. The van der Waals surface area contributed by atoms with Gasteiger partial charge in [0.25, 0.3) is 0 Å². The van der Waals surface area contributed by atoms with Crippen molar-refractivity contribution >= 4 is 0 Å². The maximum absolute atomic E-state index is 10.7. The molecular weight excluding hydrogens is 222 g/mol. The van der Waals surface area contributed by atoms with Crippen LogP contribution < -0.4 is 5.32 Å². The predicted molar refractivity (Wildman–Crippen MR) is 75.7 cm³/mol. The number of aryl methyl sites for hydroxylation is 2. The Balaban J connectivity index is 2.10. The summed E-state index contributed by atoms with van der Waals surface area (Å²) in [6, 6.07) is 6.74. The highest BCUT2D eigenvalue weighted by molar-refractivity contribution is 5.33. The van der Waals surface area contributed by atoms with Crippen molar-refractivity contribution in [3.63, 3.8) is 0 Å². The minimum Gasteiger partial charge on any atom is -0.385 e. The van der Waals surface area contributed by atoms with Crippen molar-refractivity contribution in [2.45, 2.75) is 58.1 Å². The fourth-order valence-electron chi connectivity index (χ4n) is 2.77. The van der Waals surface area contributed by atoms with Gasteiger partial charge in [-0.1, -0.05) is 24.6 Å². The average Bonchev–Trinajstić information content (AvgIpc) is 2.33. The van der Waals surface area contributed by atoms with E-state index in [1.54, 1.807) is 0 Å². The number of aliphatic hydroxyl groups is 1. The van der Waals surface area contributed by atoms with Crippen molar-refractivity contribution in [2.24, 2.45) is 0 Å². The molecule has 1 heterocycles. The van der Waals surface area contributed by atoms with Gasteiger partial charge in [0.1, 0.15) is 0 Å². The Bertz CT molecular complexity index is 406. The number of piperidine rings is 1. The zero-order valence-electron chi connectivity index (χ0n) is 11.8. The van der Waals surface area contributed by atoms with E-state index in [9.17, 15) is 5.11 Å². The van der Waals surface area contributed by atoms with Gasteiger partial charge in [0.15, 0.2) is 0 Å². The van der Waals surface area contributed by atoms with E-state index < -0.39 is 5.60 Å². The van der Waals surface area contributed by atoms with Crippen molar-refractivity contribution in [1.82, 2.24) is 5.32 Å². The quantitative estimate of drug-likeness (QED) is 0.860. The van der Waals surface area contributed by atoms with Gasteiger partial charge in [0.05, 0.1) is 5.60 Å². The molecule has 0 radical (unpaired) electrons. The monoisotopic (exact) mass is 247 g/mol. The third-order valence-corrected chi connectivity index (χ3v) is 4.19. The topological polar surface area (TPSA) is 32.3 Å². The molecule has 1 aliphatic heterocycles. The fraction of sp³-hybridized carbons (Fsp3) is 0.625. The van der Waals surface area contributed by atoms with Crippen LogP contribution >= 0.6 is 0 Å². The second-order valence-electron chi connectivity index (χ2n) is 5.92. The summed E-state index contributed by atoms with van der Waals surface area (Å²) in [5.74, 6) is 0. The number of nitrogens with one attached hydrogen (secondary N) is 1. The highest BCUT2D eigenvalue weighted by atomic mass is 16.3. The minimum absolute atomic E-state index is 0.454. The molecule has 2 heteroatoms. The van der Waals surface area contributed by atoms with Crippen molar-refractivity contribution in [3.05, 3.63) is 34.9 Å². The van der Waals surface area contributed by atoms with Crippen molar-refractivity contribution in [1.29, 1.82) is 0 Å². The third-order valence-electron chi connectivity index (χ3n) is 4.19. The van der Waals surface area contributed by atoms with Gasteiger partial charge in [0.2, 0.25) is 0 Å². The number of hydrogen-bond donors (Lipinski definition) is 2. The first-order chi connectivity index (χ1) is 8.49. The molecule has 1 fully saturated rings. The molecule has 2 rings (SSSR count). The van der Waals surface area contributed by atoms with Crippen LogP contribution in [0.15, 0.2) is 18.2 Å². The molecule has 0 bridgehead atoms. The van der Waals surface area contributed by atoms with E-state index in [0.29, 0.717) is 6.04 Å². The molecule has 2 atom stereocenters. The van der Waals surface area contributed by atoms with Gasteiger partial charge in [-0.3, -0.25) is 0 Å².